The lowest BCUT2D eigenvalue weighted by Crippen LogP contribution is -2.58. The molecule has 0 aromatic rings. The highest BCUT2D eigenvalue weighted by Crippen LogP contribution is 2.10. The standard InChI is InChI=1S/C17H33N5O4/c1-9(2)14(23)6-5-12(15(24)10(3)4)21-17(26)13(8-19)22-16(25)11(20)7-18/h9-13H,5-8,18-20H2,1-4H3,(H,21,26)(H,22,25)/t11-,12-,13-/m0/s1. The fourth-order valence-corrected chi connectivity index (χ4v) is 2.15. The van der Waals surface area contributed by atoms with Crippen LogP contribution in [0.1, 0.15) is 40.5 Å². The molecule has 0 bridgehead atoms. The minimum absolute atomic E-state index is 0.0124. The fraction of sp³-hybridized carbons (Fsp3) is 0.765. The second kappa shape index (κ2) is 11.7. The third-order valence-corrected chi connectivity index (χ3v) is 4.01. The normalized spacial score (nSPS) is 14.7. The van der Waals surface area contributed by atoms with Gasteiger partial charge in [0.1, 0.15) is 11.8 Å². The Hall–Kier alpha value is -1.84. The van der Waals surface area contributed by atoms with Gasteiger partial charge in [-0.05, 0) is 6.42 Å². The second-order valence-electron chi connectivity index (χ2n) is 6.92. The Balaban J connectivity index is 5.04. The number of hydrogen-bond donors (Lipinski definition) is 5. The number of ketones is 2. The van der Waals surface area contributed by atoms with Crippen molar-refractivity contribution < 1.29 is 19.2 Å². The molecule has 8 N–H and O–H groups in total. The number of amides is 2. The highest BCUT2D eigenvalue weighted by atomic mass is 16.2. The molecular weight excluding hydrogens is 338 g/mol. The van der Waals surface area contributed by atoms with Crippen LogP contribution in [-0.2, 0) is 19.2 Å². The highest BCUT2D eigenvalue weighted by Gasteiger charge is 2.28. The van der Waals surface area contributed by atoms with Gasteiger partial charge in [-0.25, -0.2) is 0 Å². The number of nitrogens with two attached hydrogens (primary N) is 3. The van der Waals surface area contributed by atoms with Crippen molar-refractivity contribution >= 4 is 23.4 Å². The Morgan fingerprint density at radius 2 is 1.35 bits per heavy atom. The predicted octanol–water partition coefficient (Wildman–Crippen LogP) is -1.57. The first-order valence-electron chi connectivity index (χ1n) is 8.87. The zero-order chi connectivity index (χ0) is 20.4. The molecule has 9 heteroatoms. The number of Topliss-reactive ketones (excluding diaryl/α,β-unsaturated/α-hetero) is 2. The molecule has 0 aromatic carbocycles. The van der Waals surface area contributed by atoms with E-state index in [-0.39, 0.29) is 49.3 Å². The first-order valence-corrected chi connectivity index (χ1v) is 8.87. The molecule has 150 valence electrons. The first kappa shape index (κ1) is 24.2. The molecule has 0 aliphatic carbocycles. The van der Waals surface area contributed by atoms with Gasteiger partial charge >= 0.3 is 0 Å². The summed E-state index contributed by atoms with van der Waals surface area (Å²) in [6, 6.07) is -2.81. The minimum atomic E-state index is -1.04. The van der Waals surface area contributed by atoms with Crippen LogP contribution in [0.15, 0.2) is 0 Å². The van der Waals surface area contributed by atoms with Crippen LogP contribution < -0.4 is 27.8 Å². The topological polar surface area (TPSA) is 170 Å². The van der Waals surface area contributed by atoms with Crippen molar-refractivity contribution in [1.82, 2.24) is 10.6 Å². The highest BCUT2D eigenvalue weighted by molar-refractivity contribution is 5.94. The molecule has 0 fully saturated rings. The lowest BCUT2D eigenvalue weighted by atomic mass is 9.94. The van der Waals surface area contributed by atoms with E-state index in [4.69, 9.17) is 17.2 Å². The van der Waals surface area contributed by atoms with Gasteiger partial charge in [0, 0.05) is 31.3 Å². The van der Waals surface area contributed by atoms with Gasteiger partial charge in [-0.3, -0.25) is 19.2 Å². The van der Waals surface area contributed by atoms with E-state index < -0.39 is 29.9 Å². The third-order valence-electron chi connectivity index (χ3n) is 4.01. The van der Waals surface area contributed by atoms with Gasteiger partial charge in [0.25, 0.3) is 0 Å². The quantitative estimate of drug-likeness (QED) is 0.276. The van der Waals surface area contributed by atoms with E-state index in [0.29, 0.717) is 0 Å². The fourth-order valence-electron chi connectivity index (χ4n) is 2.15. The Morgan fingerprint density at radius 3 is 1.77 bits per heavy atom. The number of carbonyl (C=O) groups excluding carboxylic acids is 4. The molecule has 26 heavy (non-hydrogen) atoms. The number of nitrogens with one attached hydrogen (secondary N) is 2. The van der Waals surface area contributed by atoms with Gasteiger partial charge in [0.15, 0.2) is 5.78 Å². The van der Waals surface area contributed by atoms with Crippen LogP contribution in [0.2, 0.25) is 0 Å². The van der Waals surface area contributed by atoms with Crippen molar-refractivity contribution in [1.29, 1.82) is 0 Å². The van der Waals surface area contributed by atoms with Crippen LogP contribution in [0, 0.1) is 11.8 Å². The summed E-state index contributed by atoms with van der Waals surface area (Å²) in [6.07, 6.45) is 0.381. The van der Waals surface area contributed by atoms with E-state index in [0.717, 1.165) is 0 Å². The second-order valence-corrected chi connectivity index (χ2v) is 6.92. The number of carbonyl (C=O) groups is 4. The van der Waals surface area contributed by atoms with Crippen molar-refractivity contribution in [2.45, 2.75) is 58.7 Å². The van der Waals surface area contributed by atoms with Crippen LogP contribution in [-0.4, -0.2) is 54.6 Å². The van der Waals surface area contributed by atoms with Crippen molar-refractivity contribution in [2.24, 2.45) is 29.0 Å². The average Bonchev–Trinajstić information content (AvgIpc) is 2.60. The maximum absolute atomic E-state index is 12.4. The lowest BCUT2D eigenvalue weighted by molar-refractivity contribution is -0.132. The summed E-state index contributed by atoms with van der Waals surface area (Å²) in [5.74, 6) is -1.82. The monoisotopic (exact) mass is 371 g/mol. The van der Waals surface area contributed by atoms with Crippen LogP contribution >= 0.6 is 0 Å². The summed E-state index contributed by atoms with van der Waals surface area (Å²) in [5, 5.41) is 5.01. The Kier molecular flexibility index (Phi) is 10.9. The molecule has 9 nitrogen and oxygen atoms in total. The summed E-state index contributed by atoms with van der Waals surface area (Å²) >= 11 is 0. The average molecular weight is 371 g/mol. The lowest BCUT2D eigenvalue weighted by Gasteiger charge is -2.24. The predicted molar refractivity (Wildman–Crippen MR) is 98.9 cm³/mol. The van der Waals surface area contributed by atoms with Crippen molar-refractivity contribution in [3.8, 4) is 0 Å². The summed E-state index contributed by atoms with van der Waals surface area (Å²) in [7, 11) is 0. The SMILES string of the molecule is CC(C)C(=O)CC[C@H](NC(=O)[C@H](CN)NC(=O)[C@@H](N)CN)C(=O)C(C)C. The van der Waals surface area contributed by atoms with Gasteiger partial charge in [0.2, 0.25) is 11.8 Å². The van der Waals surface area contributed by atoms with Crippen molar-refractivity contribution in [3.05, 3.63) is 0 Å². The molecule has 0 radical (unpaired) electrons. The van der Waals surface area contributed by atoms with Gasteiger partial charge < -0.3 is 27.8 Å². The molecule has 0 spiro atoms. The van der Waals surface area contributed by atoms with Crippen molar-refractivity contribution in [3.63, 3.8) is 0 Å². The summed E-state index contributed by atoms with van der Waals surface area (Å²) < 4.78 is 0. The molecule has 3 atom stereocenters. The summed E-state index contributed by atoms with van der Waals surface area (Å²) in [4.78, 5) is 48.4. The van der Waals surface area contributed by atoms with Crippen LogP contribution in [0.5, 0.6) is 0 Å². The maximum atomic E-state index is 12.4. The molecule has 0 rings (SSSR count). The van der Waals surface area contributed by atoms with E-state index in [1.807, 2.05) is 0 Å². The molecule has 2 amide bonds. The van der Waals surface area contributed by atoms with Gasteiger partial charge in [-0.1, -0.05) is 27.7 Å². The molecule has 0 saturated carbocycles. The Bertz CT molecular complexity index is 507. The third kappa shape index (κ3) is 8.03. The number of hydrogen-bond acceptors (Lipinski definition) is 7. The van der Waals surface area contributed by atoms with Crippen LogP contribution in [0.3, 0.4) is 0 Å². The molecule has 0 heterocycles. The summed E-state index contributed by atoms with van der Waals surface area (Å²) in [6.45, 7) is 6.75. The van der Waals surface area contributed by atoms with Gasteiger partial charge in [-0.15, -0.1) is 0 Å². The Morgan fingerprint density at radius 1 is 0.808 bits per heavy atom. The smallest absolute Gasteiger partial charge is 0.244 e. The molecular formula is C17H33N5O4. The molecule has 0 aromatic heterocycles. The maximum Gasteiger partial charge on any atom is 0.244 e. The first-order chi connectivity index (χ1) is 12.0. The van der Waals surface area contributed by atoms with E-state index >= 15 is 0 Å². The van der Waals surface area contributed by atoms with Crippen LogP contribution in [0.25, 0.3) is 0 Å². The molecule has 0 aliphatic heterocycles. The van der Waals surface area contributed by atoms with E-state index in [2.05, 4.69) is 10.6 Å². The van der Waals surface area contributed by atoms with Gasteiger partial charge in [-0.2, -0.15) is 0 Å². The molecule has 0 saturated heterocycles. The zero-order valence-electron chi connectivity index (χ0n) is 16.1. The minimum Gasteiger partial charge on any atom is -0.344 e. The molecule has 0 unspecified atom stereocenters. The van der Waals surface area contributed by atoms with E-state index in [1.165, 1.54) is 0 Å². The number of rotatable bonds is 12. The van der Waals surface area contributed by atoms with Crippen LogP contribution in [0.4, 0.5) is 0 Å². The van der Waals surface area contributed by atoms with E-state index in [9.17, 15) is 19.2 Å². The van der Waals surface area contributed by atoms with Crippen molar-refractivity contribution in [2.75, 3.05) is 13.1 Å². The Labute approximate surface area is 154 Å². The zero-order valence-corrected chi connectivity index (χ0v) is 16.1. The summed E-state index contributed by atoms with van der Waals surface area (Å²) in [5.41, 5.74) is 16.4. The van der Waals surface area contributed by atoms with E-state index in [1.54, 1.807) is 27.7 Å². The largest absolute Gasteiger partial charge is 0.344 e. The van der Waals surface area contributed by atoms with Gasteiger partial charge in [0.05, 0.1) is 12.1 Å². The molecule has 0 aliphatic rings.